The molecule has 0 unspecified atom stereocenters. The summed E-state index contributed by atoms with van der Waals surface area (Å²) in [6.07, 6.45) is 7.37. The minimum atomic E-state index is 1.08. The lowest BCUT2D eigenvalue weighted by molar-refractivity contribution is 1.28. The quantitative estimate of drug-likeness (QED) is 0.153. The molecular weight excluding hydrogens is 763 g/mol. The predicted molar refractivity (Wildman–Crippen MR) is 263 cm³/mol. The molecule has 9 aromatic carbocycles. The summed E-state index contributed by atoms with van der Waals surface area (Å²) in [7, 11) is 0. The van der Waals surface area contributed by atoms with Crippen molar-refractivity contribution in [2.75, 3.05) is 4.90 Å². The molecule has 2 aromatic heterocycles. The summed E-state index contributed by atoms with van der Waals surface area (Å²) in [5.74, 6) is 0. The van der Waals surface area contributed by atoms with Gasteiger partial charge in [-0.1, -0.05) is 152 Å². The second kappa shape index (κ2) is 15.3. The molecule has 294 valence electrons. The van der Waals surface area contributed by atoms with Crippen LogP contribution in [0.2, 0.25) is 0 Å². The van der Waals surface area contributed by atoms with Crippen LogP contribution in [0.3, 0.4) is 0 Å². The topological polar surface area (TPSA) is 29.0 Å². The van der Waals surface area contributed by atoms with Gasteiger partial charge in [0.2, 0.25) is 0 Å². The Balaban J connectivity index is 0.997. The molecule has 0 saturated carbocycles. The van der Waals surface area contributed by atoms with E-state index >= 15 is 0 Å². The van der Waals surface area contributed by atoms with Gasteiger partial charge in [-0.2, -0.15) is 0 Å². The normalized spacial score (nSPS) is 11.5. The van der Waals surface area contributed by atoms with Crippen molar-refractivity contribution in [3.05, 3.63) is 237 Å². The van der Waals surface area contributed by atoms with Gasteiger partial charge in [0.25, 0.3) is 0 Å². The van der Waals surface area contributed by atoms with Gasteiger partial charge in [0.1, 0.15) is 0 Å². The van der Waals surface area contributed by atoms with Crippen molar-refractivity contribution in [3.8, 4) is 77.9 Å². The van der Waals surface area contributed by atoms with Crippen molar-refractivity contribution in [2.24, 2.45) is 0 Å². The van der Waals surface area contributed by atoms with Crippen LogP contribution >= 0.6 is 0 Å². The fourth-order valence-corrected chi connectivity index (χ4v) is 9.79. The minimum absolute atomic E-state index is 1.08. The van der Waals surface area contributed by atoms with E-state index in [2.05, 4.69) is 227 Å². The van der Waals surface area contributed by atoms with E-state index < -0.39 is 0 Å². The first kappa shape index (κ1) is 36.5. The highest BCUT2D eigenvalue weighted by atomic mass is 15.1. The molecule has 0 spiro atoms. The Kier molecular flexibility index (Phi) is 8.83. The van der Waals surface area contributed by atoms with E-state index in [0.29, 0.717) is 0 Å². The fourth-order valence-electron chi connectivity index (χ4n) is 9.79. The van der Waals surface area contributed by atoms with Crippen molar-refractivity contribution in [1.29, 1.82) is 0 Å². The van der Waals surface area contributed by atoms with Crippen molar-refractivity contribution in [3.63, 3.8) is 0 Å². The summed E-state index contributed by atoms with van der Waals surface area (Å²) in [5, 5.41) is 5.10. The van der Waals surface area contributed by atoms with Crippen LogP contribution in [0.1, 0.15) is 0 Å². The Labute approximate surface area is 366 Å². The molecular formula is C60H39N3. The lowest BCUT2D eigenvalue weighted by Gasteiger charge is -2.26. The summed E-state index contributed by atoms with van der Waals surface area (Å²) < 4.78 is 0. The number of aromatic nitrogens is 2. The summed E-state index contributed by atoms with van der Waals surface area (Å²) >= 11 is 0. The second-order valence-electron chi connectivity index (χ2n) is 16.1. The summed E-state index contributed by atoms with van der Waals surface area (Å²) in [6.45, 7) is 0. The molecule has 1 aliphatic rings. The van der Waals surface area contributed by atoms with Crippen LogP contribution in [-0.2, 0) is 0 Å². The van der Waals surface area contributed by atoms with Crippen molar-refractivity contribution in [1.82, 2.24) is 9.97 Å². The first-order valence-corrected chi connectivity index (χ1v) is 21.5. The monoisotopic (exact) mass is 801 g/mol. The molecule has 0 N–H and O–H groups in total. The minimum Gasteiger partial charge on any atom is -0.311 e. The number of fused-ring (bicyclic) bond motifs is 4. The molecule has 0 saturated heterocycles. The smallest absolute Gasteiger partial charge is 0.0462 e. The average molecular weight is 802 g/mol. The third kappa shape index (κ3) is 6.21. The van der Waals surface area contributed by atoms with Gasteiger partial charge in [-0.05, 0) is 160 Å². The average Bonchev–Trinajstić information content (AvgIpc) is 3.69. The molecule has 3 nitrogen and oxygen atoms in total. The molecule has 11 aromatic rings. The second-order valence-corrected chi connectivity index (χ2v) is 16.1. The molecule has 12 rings (SSSR count). The highest BCUT2D eigenvalue weighted by Gasteiger charge is 2.31. The molecule has 3 heteroatoms. The maximum atomic E-state index is 4.22. The zero-order valence-corrected chi connectivity index (χ0v) is 34.4. The standard InChI is InChI=1S/C60H39N3/c1-3-10-45(11-4-1)56-52-14-7-8-15-53(52)57(46-12-5-2-6-13-46)60-55-31-30-50(51-16-9-17-54(58(51)55)59(56)60)44-22-28-49(29-23-44)63(47-24-18-40(19-25-47)42-32-36-61-37-33-42)48-26-20-41(21-27-48)43-34-38-62-39-35-43/h1-39H. The Morgan fingerprint density at radius 3 is 1.10 bits per heavy atom. The fraction of sp³-hybridized carbons (Fsp3) is 0. The van der Waals surface area contributed by atoms with Gasteiger partial charge >= 0.3 is 0 Å². The van der Waals surface area contributed by atoms with E-state index in [1.165, 1.54) is 77.2 Å². The van der Waals surface area contributed by atoms with E-state index in [0.717, 1.165) is 39.3 Å². The number of hydrogen-bond acceptors (Lipinski definition) is 3. The molecule has 2 heterocycles. The zero-order chi connectivity index (χ0) is 41.7. The first-order valence-electron chi connectivity index (χ1n) is 21.5. The third-order valence-corrected chi connectivity index (χ3v) is 12.6. The van der Waals surface area contributed by atoms with Crippen LogP contribution in [0, 0.1) is 0 Å². The van der Waals surface area contributed by atoms with E-state index in [1.807, 2.05) is 24.8 Å². The van der Waals surface area contributed by atoms with E-state index in [4.69, 9.17) is 0 Å². The van der Waals surface area contributed by atoms with Gasteiger partial charge in [0.05, 0.1) is 0 Å². The van der Waals surface area contributed by atoms with Gasteiger partial charge in [0.15, 0.2) is 0 Å². The highest BCUT2D eigenvalue weighted by molar-refractivity contribution is 6.28. The van der Waals surface area contributed by atoms with Crippen molar-refractivity contribution >= 4 is 38.6 Å². The Morgan fingerprint density at radius 2 is 0.619 bits per heavy atom. The molecule has 0 aliphatic heterocycles. The Morgan fingerprint density at radius 1 is 0.238 bits per heavy atom. The summed E-state index contributed by atoms with van der Waals surface area (Å²) in [5.41, 5.74) is 20.5. The number of anilines is 3. The predicted octanol–water partition coefficient (Wildman–Crippen LogP) is 16.2. The number of hydrogen-bond donors (Lipinski definition) is 0. The van der Waals surface area contributed by atoms with Crippen LogP contribution in [0.25, 0.3) is 99.4 Å². The van der Waals surface area contributed by atoms with Crippen LogP contribution in [0.5, 0.6) is 0 Å². The van der Waals surface area contributed by atoms with Crippen LogP contribution < -0.4 is 4.90 Å². The van der Waals surface area contributed by atoms with Crippen LogP contribution in [0.15, 0.2) is 237 Å². The van der Waals surface area contributed by atoms with Gasteiger partial charge < -0.3 is 4.90 Å². The molecule has 0 amide bonds. The molecule has 63 heavy (non-hydrogen) atoms. The van der Waals surface area contributed by atoms with Crippen molar-refractivity contribution < 1.29 is 0 Å². The zero-order valence-electron chi connectivity index (χ0n) is 34.4. The lowest BCUT2D eigenvalue weighted by atomic mass is 9.82. The third-order valence-electron chi connectivity index (χ3n) is 12.6. The number of benzene rings is 9. The van der Waals surface area contributed by atoms with Gasteiger partial charge in [-0.25, -0.2) is 0 Å². The largest absolute Gasteiger partial charge is 0.311 e. The van der Waals surface area contributed by atoms with Crippen molar-refractivity contribution in [2.45, 2.75) is 0 Å². The highest BCUT2D eigenvalue weighted by Crippen LogP contribution is 2.58. The lowest BCUT2D eigenvalue weighted by Crippen LogP contribution is -2.09. The van der Waals surface area contributed by atoms with Gasteiger partial charge in [0, 0.05) is 41.8 Å². The number of nitrogens with zero attached hydrogens (tertiary/aromatic N) is 3. The molecule has 0 bridgehead atoms. The molecule has 0 radical (unpaired) electrons. The maximum Gasteiger partial charge on any atom is 0.0462 e. The van der Waals surface area contributed by atoms with E-state index in [1.54, 1.807) is 0 Å². The Bertz CT molecular complexity index is 3260. The van der Waals surface area contributed by atoms with E-state index in [9.17, 15) is 0 Å². The first-order chi connectivity index (χ1) is 31.3. The number of rotatable bonds is 8. The molecule has 0 atom stereocenters. The SMILES string of the molecule is c1ccc(-c2c3c(c(-c4ccccc4)c4ccccc24)-c2ccc(-c4ccc(N(c5ccc(-c6ccncc6)cc5)c5ccc(-c6ccncc6)cc5)cc4)c4cccc-3c24)cc1. The number of pyridine rings is 2. The molecule has 1 aliphatic carbocycles. The summed E-state index contributed by atoms with van der Waals surface area (Å²) in [4.78, 5) is 10.8. The van der Waals surface area contributed by atoms with Crippen LogP contribution in [-0.4, -0.2) is 9.97 Å². The maximum absolute atomic E-state index is 4.22. The van der Waals surface area contributed by atoms with Gasteiger partial charge in [-0.3, -0.25) is 9.97 Å². The Hall–Kier alpha value is -8.40. The summed E-state index contributed by atoms with van der Waals surface area (Å²) in [6, 6.07) is 77.3. The molecule has 0 fully saturated rings. The van der Waals surface area contributed by atoms with Gasteiger partial charge in [-0.15, -0.1) is 0 Å². The van der Waals surface area contributed by atoms with Crippen LogP contribution in [0.4, 0.5) is 17.1 Å². The van der Waals surface area contributed by atoms with E-state index in [-0.39, 0.29) is 0 Å².